The molecule has 0 amide bonds. The summed E-state index contributed by atoms with van der Waals surface area (Å²) in [5.74, 6) is 0. The first kappa shape index (κ1) is 12.3. The lowest BCUT2D eigenvalue weighted by Crippen LogP contribution is -2.14. The average Bonchev–Trinajstić information content (AvgIpc) is 2.33. The van der Waals surface area contributed by atoms with Crippen molar-refractivity contribution in [1.82, 2.24) is 0 Å². The fourth-order valence-corrected chi connectivity index (χ4v) is 2.37. The van der Waals surface area contributed by atoms with Gasteiger partial charge in [0.15, 0.2) is 0 Å². The SMILES string of the molecule is Cc1ccc(Br)cc1C(N)Cc1ccccc1. The van der Waals surface area contributed by atoms with E-state index in [1.807, 2.05) is 12.1 Å². The van der Waals surface area contributed by atoms with E-state index in [0.29, 0.717) is 0 Å². The monoisotopic (exact) mass is 289 g/mol. The second kappa shape index (κ2) is 5.48. The fourth-order valence-electron chi connectivity index (χ4n) is 1.99. The van der Waals surface area contributed by atoms with Crippen molar-refractivity contribution in [2.75, 3.05) is 0 Å². The van der Waals surface area contributed by atoms with E-state index in [2.05, 4.69) is 59.3 Å². The molecule has 0 saturated carbocycles. The van der Waals surface area contributed by atoms with E-state index in [9.17, 15) is 0 Å². The van der Waals surface area contributed by atoms with Crippen LogP contribution >= 0.6 is 15.9 Å². The van der Waals surface area contributed by atoms with Crippen molar-refractivity contribution in [3.05, 3.63) is 69.7 Å². The van der Waals surface area contributed by atoms with Crippen molar-refractivity contribution in [3.8, 4) is 0 Å². The summed E-state index contributed by atoms with van der Waals surface area (Å²) in [6.45, 7) is 2.10. The Balaban J connectivity index is 2.20. The summed E-state index contributed by atoms with van der Waals surface area (Å²) in [5, 5.41) is 0. The van der Waals surface area contributed by atoms with Gasteiger partial charge in [0.25, 0.3) is 0 Å². The summed E-state index contributed by atoms with van der Waals surface area (Å²) in [4.78, 5) is 0. The molecule has 2 rings (SSSR count). The van der Waals surface area contributed by atoms with Crippen LogP contribution in [-0.4, -0.2) is 0 Å². The van der Waals surface area contributed by atoms with Gasteiger partial charge in [0, 0.05) is 10.5 Å². The lowest BCUT2D eigenvalue weighted by molar-refractivity contribution is 0.716. The third-order valence-corrected chi connectivity index (χ3v) is 3.43. The maximum atomic E-state index is 6.28. The molecule has 0 fully saturated rings. The largest absolute Gasteiger partial charge is 0.324 e. The Hall–Kier alpha value is -1.12. The van der Waals surface area contributed by atoms with Gasteiger partial charge in [0.2, 0.25) is 0 Å². The Labute approximate surface area is 111 Å². The van der Waals surface area contributed by atoms with Crippen molar-refractivity contribution in [3.63, 3.8) is 0 Å². The van der Waals surface area contributed by atoms with Gasteiger partial charge < -0.3 is 5.73 Å². The Morgan fingerprint density at radius 3 is 2.53 bits per heavy atom. The number of halogens is 1. The van der Waals surface area contributed by atoms with Crippen LogP contribution in [-0.2, 0) is 6.42 Å². The highest BCUT2D eigenvalue weighted by molar-refractivity contribution is 9.10. The molecule has 0 aliphatic heterocycles. The Morgan fingerprint density at radius 1 is 1.12 bits per heavy atom. The molecule has 1 unspecified atom stereocenters. The molecule has 0 heterocycles. The third-order valence-electron chi connectivity index (χ3n) is 2.94. The number of hydrogen-bond acceptors (Lipinski definition) is 1. The molecular weight excluding hydrogens is 274 g/mol. The normalized spacial score (nSPS) is 12.4. The quantitative estimate of drug-likeness (QED) is 0.908. The molecule has 1 atom stereocenters. The van der Waals surface area contributed by atoms with Gasteiger partial charge in [-0.25, -0.2) is 0 Å². The zero-order valence-corrected chi connectivity index (χ0v) is 11.4. The second-order valence-corrected chi connectivity index (χ2v) is 5.21. The molecule has 2 N–H and O–H groups in total. The molecule has 17 heavy (non-hydrogen) atoms. The maximum absolute atomic E-state index is 6.28. The van der Waals surface area contributed by atoms with Crippen LogP contribution in [0.1, 0.15) is 22.7 Å². The number of aryl methyl sites for hydroxylation is 1. The van der Waals surface area contributed by atoms with Gasteiger partial charge in [-0.15, -0.1) is 0 Å². The molecule has 0 aliphatic carbocycles. The Morgan fingerprint density at radius 2 is 1.82 bits per heavy atom. The van der Waals surface area contributed by atoms with Crippen molar-refractivity contribution < 1.29 is 0 Å². The predicted octanol–water partition coefficient (Wildman–Crippen LogP) is 4.00. The van der Waals surface area contributed by atoms with Gasteiger partial charge in [-0.3, -0.25) is 0 Å². The van der Waals surface area contributed by atoms with E-state index in [-0.39, 0.29) is 6.04 Å². The van der Waals surface area contributed by atoms with Gasteiger partial charge in [-0.05, 0) is 42.2 Å². The Bertz CT molecular complexity index is 494. The molecule has 2 aromatic carbocycles. The maximum Gasteiger partial charge on any atom is 0.0338 e. The minimum absolute atomic E-state index is 0.0508. The van der Waals surface area contributed by atoms with Crippen LogP contribution in [0.25, 0.3) is 0 Å². The van der Waals surface area contributed by atoms with E-state index in [0.717, 1.165) is 10.9 Å². The summed E-state index contributed by atoms with van der Waals surface area (Å²) in [6.07, 6.45) is 0.873. The van der Waals surface area contributed by atoms with Crippen LogP contribution in [0.15, 0.2) is 53.0 Å². The second-order valence-electron chi connectivity index (χ2n) is 4.30. The molecule has 0 saturated heterocycles. The molecule has 0 bridgehead atoms. The Kier molecular flexibility index (Phi) is 3.97. The standard InChI is InChI=1S/C15H16BrN/c1-11-7-8-13(16)10-14(11)15(17)9-12-5-3-2-4-6-12/h2-8,10,15H,9,17H2,1H3. The van der Waals surface area contributed by atoms with Crippen molar-refractivity contribution in [1.29, 1.82) is 0 Å². The van der Waals surface area contributed by atoms with Gasteiger partial charge in [0.05, 0.1) is 0 Å². The first-order chi connectivity index (χ1) is 8.16. The summed E-state index contributed by atoms with van der Waals surface area (Å²) in [6, 6.07) is 16.7. The highest BCUT2D eigenvalue weighted by Crippen LogP contribution is 2.23. The molecular formula is C15H16BrN. The molecule has 88 valence electrons. The molecule has 1 nitrogen and oxygen atoms in total. The summed E-state index contributed by atoms with van der Waals surface area (Å²) < 4.78 is 1.08. The van der Waals surface area contributed by atoms with Crippen LogP contribution in [0.5, 0.6) is 0 Å². The topological polar surface area (TPSA) is 26.0 Å². The van der Waals surface area contributed by atoms with E-state index < -0.39 is 0 Å². The fraction of sp³-hybridized carbons (Fsp3) is 0.200. The first-order valence-electron chi connectivity index (χ1n) is 5.72. The van der Waals surface area contributed by atoms with Gasteiger partial charge in [-0.1, -0.05) is 52.3 Å². The van der Waals surface area contributed by atoms with E-state index in [1.165, 1.54) is 16.7 Å². The van der Waals surface area contributed by atoms with E-state index in [1.54, 1.807) is 0 Å². The molecule has 0 aliphatic rings. The minimum Gasteiger partial charge on any atom is -0.324 e. The molecule has 0 radical (unpaired) electrons. The van der Waals surface area contributed by atoms with E-state index >= 15 is 0 Å². The van der Waals surface area contributed by atoms with Crippen molar-refractivity contribution >= 4 is 15.9 Å². The lowest BCUT2D eigenvalue weighted by atomic mass is 9.96. The summed E-state index contributed by atoms with van der Waals surface area (Å²) in [5.41, 5.74) is 10.0. The summed E-state index contributed by atoms with van der Waals surface area (Å²) >= 11 is 3.49. The van der Waals surface area contributed by atoms with Gasteiger partial charge >= 0.3 is 0 Å². The van der Waals surface area contributed by atoms with Crippen LogP contribution in [0, 0.1) is 6.92 Å². The number of benzene rings is 2. The molecule has 0 aromatic heterocycles. The first-order valence-corrected chi connectivity index (χ1v) is 6.51. The summed E-state index contributed by atoms with van der Waals surface area (Å²) in [7, 11) is 0. The number of nitrogens with two attached hydrogens (primary N) is 1. The lowest BCUT2D eigenvalue weighted by Gasteiger charge is -2.15. The van der Waals surface area contributed by atoms with Gasteiger partial charge in [0.1, 0.15) is 0 Å². The smallest absolute Gasteiger partial charge is 0.0338 e. The van der Waals surface area contributed by atoms with Crippen molar-refractivity contribution in [2.24, 2.45) is 5.73 Å². The number of rotatable bonds is 3. The minimum atomic E-state index is 0.0508. The highest BCUT2D eigenvalue weighted by Gasteiger charge is 2.10. The van der Waals surface area contributed by atoms with Gasteiger partial charge in [-0.2, -0.15) is 0 Å². The van der Waals surface area contributed by atoms with Crippen LogP contribution in [0.3, 0.4) is 0 Å². The zero-order chi connectivity index (χ0) is 12.3. The molecule has 2 heteroatoms. The molecule has 0 spiro atoms. The zero-order valence-electron chi connectivity index (χ0n) is 9.86. The number of hydrogen-bond donors (Lipinski definition) is 1. The van der Waals surface area contributed by atoms with Crippen LogP contribution in [0.2, 0.25) is 0 Å². The van der Waals surface area contributed by atoms with Crippen molar-refractivity contribution in [2.45, 2.75) is 19.4 Å². The van der Waals surface area contributed by atoms with Crippen LogP contribution in [0.4, 0.5) is 0 Å². The van der Waals surface area contributed by atoms with E-state index in [4.69, 9.17) is 5.73 Å². The third kappa shape index (κ3) is 3.18. The average molecular weight is 290 g/mol. The van der Waals surface area contributed by atoms with Crippen LogP contribution < -0.4 is 5.73 Å². The highest BCUT2D eigenvalue weighted by atomic mass is 79.9. The molecule has 2 aromatic rings. The predicted molar refractivity (Wildman–Crippen MR) is 76.0 cm³/mol.